The molecule has 0 N–H and O–H groups in total. The molecular weight excluding hydrogens is 265 g/mol. The minimum absolute atomic E-state index is 0.128. The Balaban J connectivity index is 2.84. The molecule has 72 valence electrons. The molecule has 8 heteroatoms. The van der Waals surface area contributed by atoms with Gasteiger partial charge < -0.3 is 4.74 Å². The number of aromatic nitrogens is 3. The first-order valence-corrected chi connectivity index (χ1v) is 4.74. The van der Waals surface area contributed by atoms with Crippen LogP contribution in [0.2, 0.25) is 0 Å². The summed E-state index contributed by atoms with van der Waals surface area (Å²) in [7, 11) is 0. The van der Waals surface area contributed by atoms with Crippen molar-refractivity contribution in [1.82, 2.24) is 14.2 Å². The van der Waals surface area contributed by atoms with Crippen molar-refractivity contribution in [3.8, 4) is 0 Å². The number of carbonyl (C=O) groups excluding carboxylic acids is 1. The van der Waals surface area contributed by atoms with Crippen molar-refractivity contribution in [2.24, 2.45) is 0 Å². The SMILES string of the molecule is CCOC(=O)c1nc(Br)n(SF)n1. The predicted octanol–water partition coefficient (Wildman–Crippen LogP) is 1.60. The van der Waals surface area contributed by atoms with Gasteiger partial charge in [0.2, 0.25) is 4.73 Å². The van der Waals surface area contributed by atoms with Gasteiger partial charge in [-0.1, -0.05) is 0 Å². The molecule has 1 heterocycles. The predicted molar refractivity (Wildman–Crippen MR) is 47.8 cm³/mol. The normalized spacial score (nSPS) is 10.1. The van der Waals surface area contributed by atoms with Crippen LogP contribution < -0.4 is 0 Å². The Bertz CT molecular complexity index is 319. The van der Waals surface area contributed by atoms with Gasteiger partial charge in [-0.05, 0) is 22.9 Å². The number of hydrogen-bond acceptors (Lipinski definition) is 5. The van der Waals surface area contributed by atoms with E-state index in [0.717, 1.165) is 4.09 Å². The van der Waals surface area contributed by atoms with Crippen LogP contribution in [0.25, 0.3) is 0 Å². The number of ether oxygens (including phenoxy) is 1. The zero-order valence-corrected chi connectivity index (χ0v) is 8.93. The lowest BCUT2D eigenvalue weighted by molar-refractivity contribution is 0.0512. The van der Waals surface area contributed by atoms with Gasteiger partial charge in [-0.25, -0.2) is 4.79 Å². The molecule has 0 aliphatic carbocycles. The summed E-state index contributed by atoms with van der Waals surface area (Å²) in [5, 5.41) is 3.52. The summed E-state index contributed by atoms with van der Waals surface area (Å²) in [6.45, 7) is 1.89. The number of rotatable bonds is 3. The standard InChI is InChI=1S/C5H5BrFN3O2S/c1-2-12-4(11)3-8-5(6)10(9-3)13-7/h2H2,1H3. The Morgan fingerprint density at radius 2 is 2.54 bits per heavy atom. The summed E-state index contributed by atoms with van der Waals surface area (Å²) >= 11 is 2.76. The topological polar surface area (TPSA) is 57.0 Å². The molecular formula is C5H5BrFN3O2S. The van der Waals surface area contributed by atoms with Crippen LogP contribution in [0, 0.1) is 0 Å². The van der Waals surface area contributed by atoms with Crippen molar-refractivity contribution in [2.75, 3.05) is 6.61 Å². The van der Waals surface area contributed by atoms with Gasteiger partial charge in [0.15, 0.2) is 12.3 Å². The monoisotopic (exact) mass is 269 g/mol. The molecule has 1 aromatic heterocycles. The molecule has 0 radical (unpaired) electrons. The smallest absolute Gasteiger partial charge is 0.378 e. The van der Waals surface area contributed by atoms with E-state index in [1.807, 2.05) is 0 Å². The first kappa shape index (κ1) is 10.5. The van der Waals surface area contributed by atoms with E-state index in [9.17, 15) is 8.68 Å². The molecule has 1 aromatic rings. The molecule has 0 aliphatic heterocycles. The van der Waals surface area contributed by atoms with E-state index in [4.69, 9.17) is 0 Å². The van der Waals surface area contributed by atoms with Crippen LogP contribution in [-0.4, -0.2) is 26.7 Å². The Hall–Kier alpha value is -0.630. The second-order valence-corrected chi connectivity index (χ2v) is 3.06. The number of hydrogen-bond donors (Lipinski definition) is 0. The minimum Gasteiger partial charge on any atom is -0.460 e. The van der Waals surface area contributed by atoms with Crippen molar-refractivity contribution in [3.63, 3.8) is 0 Å². The van der Waals surface area contributed by atoms with Gasteiger partial charge >= 0.3 is 5.97 Å². The van der Waals surface area contributed by atoms with Crippen molar-refractivity contribution in [1.29, 1.82) is 0 Å². The lowest BCUT2D eigenvalue weighted by Crippen LogP contribution is -2.07. The average Bonchev–Trinajstić information content (AvgIpc) is 2.47. The molecule has 0 unspecified atom stereocenters. The maximum atomic E-state index is 12.0. The third-order valence-electron chi connectivity index (χ3n) is 1.06. The van der Waals surface area contributed by atoms with Gasteiger partial charge in [0, 0.05) is 0 Å². The molecule has 0 saturated heterocycles. The molecule has 13 heavy (non-hydrogen) atoms. The summed E-state index contributed by atoms with van der Waals surface area (Å²) in [6, 6.07) is 0. The van der Waals surface area contributed by atoms with E-state index >= 15 is 0 Å². The zero-order valence-electron chi connectivity index (χ0n) is 6.53. The molecule has 5 nitrogen and oxygen atoms in total. The van der Waals surface area contributed by atoms with Gasteiger partial charge in [0.1, 0.15) is 0 Å². The van der Waals surface area contributed by atoms with Crippen molar-refractivity contribution in [3.05, 3.63) is 10.6 Å². The minimum atomic E-state index is -0.670. The maximum absolute atomic E-state index is 12.0. The highest BCUT2D eigenvalue weighted by Gasteiger charge is 2.16. The fraction of sp³-hybridized carbons (Fsp3) is 0.400. The fourth-order valence-electron chi connectivity index (χ4n) is 0.606. The van der Waals surface area contributed by atoms with Crippen LogP contribution in [0.4, 0.5) is 3.89 Å². The third-order valence-corrected chi connectivity index (χ3v) is 2.20. The van der Waals surface area contributed by atoms with E-state index in [1.54, 1.807) is 6.92 Å². The summed E-state index contributed by atoms with van der Waals surface area (Å²) in [4.78, 5) is 14.6. The third kappa shape index (κ3) is 2.41. The van der Waals surface area contributed by atoms with Gasteiger partial charge in [0.05, 0.1) is 6.61 Å². The highest BCUT2D eigenvalue weighted by atomic mass is 79.9. The molecule has 0 aromatic carbocycles. The molecule has 0 aliphatic rings. The lowest BCUT2D eigenvalue weighted by Gasteiger charge is -1.94. The number of carbonyl (C=O) groups is 1. The number of halogens is 2. The van der Waals surface area contributed by atoms with E-state index in [-0.39, 0.29) is 29.5 Å². The Morgan fingerprint density at radius 3 is 3.00 bits per heavy atom. The maximum Gasteiger partial charge on any atom is 0.378 e. The quantitative estimate of drug-likeness (QED) is 0.781. The molecule has 0 fully saturated rings. The van der Waals surface area contributed by atoms with Crippen LogP contribution in [0.3, 0.4) is 0 Å². The summed E-state index contributed by atoms with van der Waals surface area (Å²) in [6.07, 6.45) is 0. The Labute approximate surface area is 86.2 Å². The zero-order chi connectivity index (χ0) is 9.84. The highest BCUT2D eigenvalue weighted by molar-refractivity contribution is 9.10. The molecule has 0 spiro atoms. The van der Waals surface area contributed by atoms with Crippen LogP contribution in [-0.2, 0) is 4.74 Å². The van der Waals surface area contributed by atoms with E-state index < -0.39 is 5.97 Å². The second kappa shape index (κ2) is 4.56. The average molecular weight is 270 g/mol. The molecule has 1 rings (SSSR count). The molecule has 0 bridgehead atoms. The van der Waals surface area contributed by atoms with E-state index in [0.29, 0.717) is 0 Å². The Morgan fingerprint density at radius 1 is 1.85 bits per heavy atom. The van der Waals surface area contributed by atoms with Crippen molar-refractivity contribution >= 4 is 34.2 Å². The van der Waals surface area contributed by atoms with Gasteiger partial charge in [-0.15, -0.1) is 13.1 Å². The van der Waals surface area contributed by atoms with Crippen LogP contribution in [0.1, 0.15) is 17.5 Å². The van der Waals surface area contributed by atoms with E-state index in [2.05, 4.69) is 30.7 Å². The van der Waals surface area contributed by atoms with Gasteiger partial charge in [-0.2, -0.15) is 4.98 Å². The largest absolute Gasteiger partial charge is 0.460 e. The molecule has 0 atom stereocenters. The van der Waals surface area contributed by atoms with Crippen LogP contribution >= 0.6 is 28.3 Å². The van der Waals surface area contributed by atoms with Crippen molar-refractivity contribution in [2.45, 2.75) is 6.92 Å². The number of nitrogens with zero attached hydrogens (tertiary/aromatic N) is 3. The van der Waals surface area contributed by atoms with Crippen molar-refractivity contribution < 1.29 is 13.4 Å². The first-order valence-electron chi connectivity index (χ1n) is 3.27. The first-order chi connectivity index (χ1) is 6.19. The van der Waals surface area contributed by atoms with E-state index in [1.165, 1.54) is 0 Å². The highest BCUT2D eigenvalue weighted by Crippen LogP contribution is 2.15. The van der Waals surface area contributed by atoms with Crippen LogP contribution in [0.15, 0.2) is 4.73 Å². The van der Waals surface area contributed by atoms with Gasteiger partial charge in [-0.3, -0.25) is 0 Å². The summed E-state index contributed by atoms with van der Waals surface area (Å²) in [5.74, 6) is -0.838. The van der Waals surface area contributed by atoms with Crippen LogP contribution in [0.5, 0.6) is 0 Å². The summed E-state index contributed by atoms with van der Waals surface area (Å²) in [5.41, 5.74) is 0. The fourth-order valence-corrected chi connectivity index (χ4v) is 1.22. The van der Waals surface area contributed by atoms with Gasteiger partial charge in [0.25, 0.3) is 5.82 Å². The number of esters is 1. The summed E-state index contributed by atoms with van der Waals surface area (Å²) < 4.78 is 17.6. The lowest BCUT2D eigenvalue weighted by atomic mass is 10.6. The molecule has 0 saturated carbocycles. The molecule has 0 amide bonds. The Kier molecular flexibility index (Phi) is 3.67. The second-order valence-electron chi connectivity index (χ2n) is 1.87.